The van der Waals surface area contributed by atoms with E-state index in [9.17, 15) is 4.39 Å². The summed E-state index contributed by atoms with van der Waals surface area (Å²) in [6.45, 7) is 0. The van der Waals surface area contributed by atoms with E-state index >= 15 is 0 Å². The lowest BCUT2D eigenvalue weighted by molar-refractivity contribution is 0.610. The molecule has 0 saturated carbocycles. The molecule has 1 aromatic carbocycles. The number of hydrogen-bond acceptors (Lipinski definition) is 2. The Bertz CT molecular complexity index is 543. The molecule has 0 aliphatic heterocycles. The van der Waals surface area contributed by atoms with Crippen molar-refractivity contribution in [2.24, 2.45) is 0 Å². The van der Waals surface area contributed by atoms with Gasteiger partial charge in [0.2, 0.25) is 0 Å². The minimum Gasteiger partial charge on any atom is -0.308 e. The molecule has 0 bridgehead atoms. The van der Waals surface area contributed by atoms with Gasteiger partial charge in [-0.05, 0) is 36.9 Å². The third-order valence-corrected chi connectivity index (χ3v) is 3.35. The number of rotatable bonds is 3. The lowest BCUT2D eigenvalue weighted by atomic mass is 10.0. The van der Waals surface area contributed by atoms with E-state index in [0.717, 1.165) is 11.3 Å². The summed E-state index contributed by atoms with van der Waals surface area (Å²) in [5.74, 6) is -0.359. The Labute approximate surface area is 115 Å². The second-order valence-electron chi connectivity index (χ2n) is 3.80. The van der Waals surface area contributed by atoms with Crippen molar-refractivity contribution in [1.82, 2.24) is 10.3 Å². The molecule has 0 saturated heterocycles. The van der Waals surface area contributed by atoms with E-state index in [0.29, 0.717) is 10.0 Å². The van der Waals surface area contributed by atoms with Crippen LogP contribution in [-0.2, 0) is 0 Å². The van der Waals surface area contributed by atoms with Gasteiger partial charge >= 0.3 is 0 Å². The van der Waals surface area contributed by atoms with Gasteiger partial charge in [0.05, 0.1) is 28.0 Å². The maximum Gasteiger partial charge on any atom is 0.141 e. The molecule has 2 rings (SSSR count). The average molecular weight is 285 g/mol. The molecule has 1 heterocycles. The van der Waals surface area contributed by atoms with Gasteiger partial charge in [-0.25, -0.2) is 4.39 Å². The van der Waals surface area contributed by atoms with Gasteiger partial charge < -0.3 is 5.32 Å². The van der Waals surface area contributed by atoms with Crippen molar-refractivity contribution in [3.63, 3.8) is 0 Å². The molecule has 0 radical (unpaired) electrons. The van der Waals surface area contributed by atoms with Crippen LogP contribution in [0.15, 0.2) is 36.5 Å². The van der Waals surface area contributed by atoms with E-state index in [1.165, 1.54) is 12.3 Å². The van der Waals surface area contributed by atoms with Crippen LogP contribution < -0.4 is 5.32 Å². The van der Waals surface area contributed by atoms with Crippen molar-refractivity contribution in [1.29, 1.82) is 0 Å². The average Bonchev–Trinajstić information content (AvgIpc) is 2.37. The van der Waals surface area contributed by atoms with E-state index in [2.05, 4.69) is 10.3 Å². The zero-order valence-corrected chi connectivity index (χ0v) is 11.1. The zero-order chi connectivity index (χ0) is 13.1. The lowest BCUT2D eigenvalue weighted by Crippen LogP contribution is -2.18. The molecule has 1 N–H and O–H groups in total. The predicted octanol–water partition coefficient (Wildman–Crippen LogP) is 3.84. The van der Waals surface area contributed by atoms with Crippen LogP contribution >= 0.6 is 23.2 Å². The molecule has 18 heavy (non-hydrogen) atoms. The van der Waals surface area contributed by atoms with E-state index < -0.39 is 0 Å². The second kappa shape index (κ2) is 5.65. The van der Waals surface area contributed by atoms with Crippen LogP contribution in [0.25, 0.3) is 0 Å². The first kappa shape index (κ1) is 13.3. The lowest BCUT2D eigenvalue weighted by Gasteiger charge is -2.16. The summed E-state index contributed by atoms with van der Waals surface area (Å²) >= 11 is 11.9. The highest BCUT2D eigenvalue weighted by molar-refractivity contribution is 6.42. The number of pyridine rings is 1. The number of nitrogens with zero attached hydrogens (tertiary/aromatic N) is 1. The summed E-state index contributed by atoms with van der Waals surface area (Å²) in [6, 6.07) is 8.23. The van der Waals surface area contributed by atoms with Gasteiger partial charge in [0.1, 0.15) is 5.82 Å². The summed E-state index contributed by atoms with van der Waals surface area (Å²) in [6.07, 6.45) is 1.19. The Morgan fingerprint density at radius 3 is 2.50 bits per heavy atom. The highest BCUT2D eigenvalue weighted by Crippen LogP contribution is 2.27. The molecular formula is C13H11Cl2FN2. The number of benzene rings is 1. The number of nitrogens with one attached hydrogen (secondary N) is 1. The fourth-order valence-corrected chi connectivity index (χ4v) is 2.04. The molecular weight excluding hydrogens is 274 g/mol. The molecule has 0 aliphatic carbocycles. The van der Waals surface area contributed by atoms with Gasteiger partial charge in [-0.2, -0.15) is 0 Å². The fourth-order valence-electron chi connectivity index (χ4n) is 1.74. The second-order valence-corrected chi connectivity index (χ2v) is 4.61. The summed E-state index contributed by atoms with van der Waals surface area (Å²) in [5.41, 5.74) is 1.64. The van der Waals surface area contributed by atoms with Gasteiger partial charge in [-0.15, -0.1) is 0 Å². The molecule has 0 fully saturated rings. The van der Waals surface area contributed by atoms with Crippen LogP contribution in [-0.4, -0.2) is 12.0 Å². The predicted molar refractivity (Wildman–Crippen MR) is 71.6 cm³/mol. The van der Waals surface area contributed by atoms with E-state index in [4.69, 9.17) is 23.2 Å². The van der Waals surface area contributed by atoms with Crippen LogP contribution in [0.2, 0.25) is 10.0 Å². The van der Waals surface area contributed by atoms with E-state index in [-0.39, 0.29) is 11.9 Å². The molecule has 2 nitrogen and oxygen atoms in total. The molecule has 1 unspecified atom stereocenters. The minimum atomic E-state index is -0.359. The Balaban J connectivity index is 2.38. The summed E-state index contributed by atoms with van der Waals surface area (Å²) in [4.78, 5) is 4.06. The Hall–Kier alpha value is -1.16. The standard InChI is InChI=1S/C13H11Cl2FN2/c1-17-13(12-5-3-9(16)7-18-12)8-2-4-10(14)11(15)6-8/h2-7,13,17H,1H3. The van der Waals surface area contributed by atoms with Crippen LogP contribution in [0.1, 0.15) is 17.3 Å². The van der Waals surface area contributed by atoms with Gasteiger partial charge in [-0.3, -0.25) is 4.98 Å². The number of aromatic nitrogens is 1. The maximum atomic E-state index is 12.9. The first-order valence-corrected chi connectivity index (χ1v) is 6.11. The molecule has 0 spiro atoms. The first-order valence-electron chi connectivity index (χ1n) is 5.35. The van der Waals surface area contributed by atoms with Gasteiger partial charge in [0.25, 0.3) is 0 Å². The van der Waals surface area contributed by atoms with Crippen molar-refractivity contribution in [2.45, 2.75) is 6.04 Å². The third-order valence-electron chi connectivity index (χ3n) is 2.61. The van der Waals surface area contributed by atoms with Gasteiger partial charge in [-0.1, -0.05) is 29.3 Å². The third kappa shape index (κ3) is 2.80. The molecule has 2 aromatic rings. The van der Waals surface area contributed by atoms with Crippen LogP contribution in [0.3, 0.4) is 0 Å². The Kier molecular flexibility index (Phi) is 4.17. The molecule has 0 amide bonds. The highest BCUT2D eigenvalue weighted by atomic mass is 35.5. The molecule has 5 heteroatoms. The van der Waals surface area contributed by atoms with E-state index in [1.54, 1.807) is 25.2 Å². The van der Waals surface area contributed by atoms with Crippen LogP contribution in [0, 0.1) is 5.82 Å². The number of halogens is 3. The summed E-state index contributed by atoms with van der Waals surface area (Å²) in [7, 11) is 1.80. The van der Waals surface area contributed by atoms with E-state index in [1.807, 2.05) is 6.07 Å². The van der Waals surface area contributed by atoms with Gasteiger partial charge in [0, 0.05) is 0 Å². The highest BCUT2D eigenvalue weighted by Gasteiger charge is 2.14. The van der Waals surface area contributed by atoms with Crippen LogP contribution in [0.4, 0.5) is 4.39 Å². The summed E-state index contributed by atoms with van der Waals surface area (Å²) in [5, 5.41) is 4.10. The number of hydrogen-bond donors (Lipinski definition) is 1. The Morgan fingerprint density at radius 2 is 1.94 bits per heavy atom. The normalized spacial score (nSPS) is 12.4. The molecule has 94 valence electrons. The topological polar surface area (TPSA) is 24.9 Å². The van der Waals surface area contributed by atoms with Gasteiger partial charge in [0.15, 0.2) is 0 Å². The van der Waals surface area contributed by atoms with Crippen LogP contribution in [0.5, 0.6) is 0 Å². The fraction of sp³-hybridized carbons (Fsp3) is 0.154. The first-order chi connectivity index (χ1) is 8.61. The molecule has 0 aliphatic rings. The minimum absolute atomic E-state index is 0.152. The molecule has 1 atom stereocenters. The van der Waals surface area contributed by atoms with Crippen molar-refractivity contribution in [3.8, 4) is 0 Å². The quantitative estimate of drug-likeness (QED) is 0.926. The molecule has 1 aromatic heterocycles. The maximum absolute atomic E-state index is 12.9. The monoisotopic (exact) mass is 284 g/mol. The zero-order valence-electron chi connectivity index (χ0n) is 9.62. The largest absolute Gasteiger partial charge is 0.308 e. The SMILES string of the molecule is CNC(c1ccc(Cl)c(Cl)c1)c1ccc(F)cn1. The van der Waals surface area contributed by atoms with Crippen molar-refractivity contribution in [2.75, 3.05) is 7.05 Å². The summed E-state index contributed by atoms with van der Waals surface area (Å²) < 4.78 is 12.9. The smallest absolute Gasteiger partial charge is 0.141 e. The Morgan fingerprint density at radius 1 is 1.17 bits per heavy atom. The van der Waals surface area contributed by atoms with Crippen molar-refractivity contribution >= 4 is 23.2 Å². The van der Waals surface area contributed by atoms with Crippen molar-refractivity contribution < 1.29 is 4.39 Å². The van der Waals surface area contributed by atoms with Crippen molar-refractivity contribution in [3.05, 3.63) is 63.6 Å².